The van der Waals surface area contributed by atoms with Crippen LogP contribution in [0, 0.1) is 82.9 Å². The van der Waals surface area contributed by atoms with Crippen LogP contribution in [0.3, 0.4) is 0 Å². The SMILES string of the molecule is C1CCC(C2NC(C3CCCCC3)NC(C3CNC(C4C(C5NCC(C6NC(C7CCCCC7)NC(C7CCCCC7)N6)CN5)C(N5C6CCCCC6C6CCCCC65)C(N5C6CCCCC6C6CCCCC65)C5C6CCCCC6N(C6CCCCC6)C45)NC3)N2)CC1. The van der Waals surface area contributed by atoms with Gasteiger partial charge < -0.3 is 21.3 Å². The topological polar surface area (TPSA) is 130 Å². The van der Waals surface area contributed by atoms with Gasteiger partial charge in [0.25, 0.3) is 0 Å². The van der Waals surface area contributed by atoms with Gasteiger partial charge in [-0.3, -0.25) is 46.6 Å². The second-order valence-corrected chi connectivity index (χ2v) is 37.0. The fourth-order valence-electron chi connectivity index (χ4n) is 28.7. The molecule has 18 aliphatic rings. The van der Waals surface area contributed by atoms with Crippen molar-refractivity contribution in [1.29, 1.82) is 0 Å². The van der Waals surface area contributed by atoms with Gasteiger partial charge in [-0.1, -0.05) is 161 Å². The molecular formula is C80H139N13. The summed E-state index contributed by atoms with van der Waals surface area (Å²) in [6.07, 6.45) is 68.1. The molecule has 0 aromatic rings. The number of fused-ring (bicyclic) bond motifs is 9. The first kappa shape index (κ1) is 64.6. The predicted octanol–water partition coefficient (Wildman–Crippen LogP) is 12.1. The van der Waals surface area contributed by atoms with Gasteiger partial charge in [0, 0.05) is 104 Å². The molecule has 10 N–H and O–H groups in total. The van der Waals surface area contributed by atoms with Gasteiger partial charge >= 0.3 is 0 Å². The molecule has 7 heterocycles. The molecule has 93 heavy (non-hydrogen) atoms. The van der Waals surface area contributed by atoms with Gasteiger partial charge in [0.15, 0.2) is 0 Å². The average molecular weight is 1280 g/mol. The zero-order valence-corrected chi connectivity index (χ0v) is 58.9. The minimum atomic E-state index is 0.290. The highest BCUT2D eigenvalue weighted by Crippen LogP contribution is 2.63. The van der Waals surface area contributed by atoms with Crippen molar-refractivity contribution in [3.05, 3.63) is 0 Å². The molecule has 13 nitrogen and oxygen atoms in total. The summed E-state index contributed by atoms with van der Waals surface area (Å²) in [6.45, 7) is 4.47. The Bertz CT molecular complexity index is 2270. The lowest BCUT2D eigenvalue weighted by Gasteiger charge is -2.64. The standard InChI is InChI=1S/C80H139N13/c1-6-26-50(27-7-1)73-85-74(51-28-8-2-9-29-51)88-77(87-73)54-46-81-79(82-47-54)68-69(80-83-48-55(49-84-80)78-89-75(52-30-10-3-11-31-52)86-76(90-78)53-32-12-4-13-33-53)72(93-64-43-23-18-38-59(64)60-39-19-24-44-65(60)93)71(92-62-41-21-16-36-57(62)58-37-17-22-42-63(58)92)67-61-40-20-25-45-66(61)91(70(67)68)56-34-14-5-15-35-56/h50-90H,1-49H2. The number of hydrogen-bond acceptors (Lipinski definition) is 13. The number of likely N-dealkylation sites (tertiary alicyclic amines) is 3. The van der Waals surface area contributed by atoms with Crippen molar-refractivity contribution in [3.8, 4) is 0 Å². The molecule has 11 aliphatic carbocycles. The van der Waals surface area contributed by atoms with Crippen molar-refractivity contribution in [2.75, 3.05) is 26.2 Å². The normalized spacial score (nSPS) is 50.1. The molecule has 524 valence electrons. The van der Waals surface area contributed by atoms with E-state index in [4.69, 9.17) is 21.3 Å². The summed E-state index contributed by atoms with van der Waals surface area (Å²) in [4.78, 5) is 10.9. The van der Waals surface area contributed by atoms with Gasteiger partial charge in [-0.05, 0) is 188 Å². The fourth-order valence-corrected chi connectivity index (χ4v) is 28.7. The van der Waals surface area contributed by atoms with Crippen LogP contribution in [0.15, 0.2) is 0 Å². The van der Waals surface area contributed by atoms with E-state index in [-0.39, 0.29) is 0 Å². The zero-order valence-electron chi connectivity index (χ0n) is 58.9. The average Bonchev–Trinajstić information content (AvgIpc) is 1.56. The summed E-state index contributed by atoms with van der Waals surface area (Å²) in [5.74, 6) is 10.3. The Balaban J connectivity index is 0.753. The van der Waals surface area contributed by atoms with E-state index in [1.807, 2.05) is 0 Å². The van der Waals surface area contributed by atoms with Crippen LogP contribution in [-0.4, -0.2) is 145 Å². The summed E-state index contributed by atoms with van der Waals surface area (Å²) in [5.41, 5.74) is 0. The van der Waals surface area contributed by atoms with Crippen LogP contribution in [0.5, 0.6) is 0 Å². The van der Waals surface area contributed by atoms with Crippen molar-refractivity contribution < 1.29 is 0 Å². The molecule has 7 saturated heterocycles. The third-order valence-corrected chi connectivity index (χ3v) is 32.6. The highest BCUT2D eigenvalue weighted by atomic mass is 15.4. The van der Waals surface area contributed by atoms with Gasteiger partial charge in [0.2, 0.25) is 0 Å². The van der Waals surface area contributed by atoms with Crippen molar-refractivity contribution in [1.82, 2.24) is 67.9 Å². The lowest BCUT2D eigenvalue weighted by Crippen LogP contribution is -2.80. The predicted molar refractivity (Wildman–Crippen MR) is 377 cm³/mol. The second-order valence-electron chi connectivity index (χ2n) is 37.0. The van der Waals surface area contributed by atoms with E-state index in [1.165, 1.54) is 289 Å². The van der Waals surface area contributed by atoms with E-state index in [1.54, 1.807) is 0 Å². The number of nitrogens with zero attached hydrogens (tertiary/aromatic N) is 3. The number of rotatable bonds is 11. The van der Waals surface area contributed by atoms with E-state index in [2.05, 4.69) is 46.6 Å². The Morgan fingerprint density at radius 3 is 0.763 bits per heavy atom. The quantitative estimate of drug-likeness (QED) is 0.0965. The smallest absolute Gasteiger partial charge is 0.0649 e. The van der Waals surface area contributed by atoms with E-state index in [0.29, 0.717) is 91.1 Å². The molecule has 0 amide bonds. The Hall–Kier alpha value is -0.520. The summed E-state index contributed by atoms with van der Waals surface area (Å²) >= 11 is 0. The van der Waals surface area contributed by atoms with Crippen LogP contribution in [-0.2, 0) is 0 Å². The molecule has 20 atom stereocenters. The summed E-state index contributed by atoms with van der Waals surface area (Å²) in [7, 11) is 0. The third-order valence-electron chi connectivity index (χ3n) is 32.6. The largest absolute Gasteiger partial charge is 0.301 e. The van der Waals surface area contributed by atoms with Crippen LogP contribution in [0.1, 0.15) is 289 Å². The summed E-state index contributed by atoms with van der Waals surface area (Å²) in [5, 5.41) is 45.7. The molecule has 13 heteroatoms. The van der Waals surface area contributed by atoms with Gasteiger partial charge in [-0.25, -0.2) is 0 Å². The van der Waals surface area contributed by atoms with Crippen LogP contribution in [0.4, 0.5) is 0 Å². The van der Waals surface area contributed by atoms with Crippen LogP contribution in [0.25, 0.3) is 0 Å². The van der Waals surface area contributed by atoms with Crippen LogP contribution >= 0.6 is 0 Å². The van der Waals surface area contributed by atoms with Crippen molar-refractivity contribution in [2.45, 2.75) is 393 Å². The lowest BCUT2D eigenvalue weighted by atomic mass is 9.58. The highest BCUT2D eigenvalue weighted by Gasteiger charge is 2.71. The molecule has 20 unspecified atom stereocenters. The van der Waals surface area contributed by atoms with Gasteiger partial charge in [-0.15, -0.1) is 0 Å². The Kier molecular flexibility index (Phi) is 20.2. The van der Waals surface area contributed by atoms with Gasteiger partial charge in [0.05, 0.1) is 49.3 Å². The molecule has 0 aromatic carbocycles. The monoisotopic (exact) mass is 1280 g/mol. The van der Waals surface area contributed by atoms with Gasteiger partial charge in [-0.2, -0.15) is 0 Å². The molecule has 0 spiro atoms. The fraction of sp³-hybridized carbons (Fsp3) is 1.00. The molecule has 11 saturated carbocycles. The maximum Gasteiger partial charge on any atom is 0.0649 e. The Morgan fingerprint density at radius 1 is 0.183 bits per heavy atom. The van der Waals surface area contributed by atoms with Crippen molar-refractivity contribution in [2.24, 2.45) is 82.9 Å². The third kappa shape index (κ3) is 12.5. The minimum Gasteiger partial charge on any atom is -0.301 e. The first-order valence-corrected chi connectivity index (χ1v) is 43.0. The van der Waals surface area contributed by atoms with Crippen LogP contribution < -0.4 is 53.2 Å². The molecule has 0 bridgehead atoms. The molecular weight excluding hydrogens is 1140 g/mol. The maximum atomic E-state index is 4.83. The Morgan fingerprint density at radius 2 is 0.430 bits per heavy atom. The molecule has 18 rings (SSSR count). The maximum absolute atomic E-state index is 4.83. The minimum absolute atomic E-state index is 0.290. The van der Waals surface area contributed by atoms with Crippen molar-refractivity contribution >= 4 is 0 Å². The lowest BCUT2D eigenvalue weighted by molar-refractivity contribution is -0.140. The first-order valence-electron chi connectivity index (χ1n) is 43.0. The van der Waals surface area contributed by atoms with Gasteiger partial charge in [0.1, 0.15) is 0 Å². The Labute approximate surface area is 566 Å². The van der Waals surface area contributed by atoms with Crippen LogP contribution in [0.2, 0.25) is 0 Å². The summed E-state index contributed by atoms with van der Waals surface area (Å²) < 4.78 is 0. The van der Waals surface area contributed by atoms with Crippen molar-refractivity contribution in [3.63, 3.8) is 0 Å². The number of hydrogen-bond donors (Lipinski definition) is 10. The number of nitrogens with one attached hydrogen (secondary N) is 10. The molecule has 7 aliphatic heterocycles. The van der Waals surface area contributed by atoms with E-state index < -0.39 is 0 Å². The van der Waals surface area contributed by atoms with E-state index in [0.717, 1.165) is 122 Å². The molecule has 18 fully saturated rings. The highest BCUT2D eigenvalue weighted by molar-refractivity contribution is 5.25. The summed E-state index contributed by atoms with van der Waals surface area (Å²) in [6, 6.07) is 6.44. The molecule has 0 radical (unpaired) electrons. The zero-order chi connectivity index (χ0) is 61.3. The first-order chi connectivity index (χ1) is 46.2. The van der Waals surface area contributed by atoms with E-state index in [9.17, 15) is 0 Å². The molecule has 0 aromatic heterocycles. The second kappa shape index (κ2) is 29.1. The van der Waals surface area contributed by atoms with E-state index >= 15 is 0 Å².